The Bertz CT molecular complexity index is 1080. The van der Waals surface area contributed by atoms with E-state index in [1.165, 1.54) is 19.4 Å². The first-order chi connectivity index (χ1) is 14.5. The summed E-state index contributed by atoms with van der Waals surface area (Å²) in [5.41, 5.74) is 3.61. The van der Waals surface area contributed by atoms with Gasteiger partial charge in [0.2, 0.25) is 11.6 Å². The minimum Gasteiger partial charge on any atom is -0.500 e. The minimum atomic E-state index is -0.755. The number of aromatic nitrogens is 2. The van der Waals surface area contributed by atoms with Crippen LogP contribution in [0.4, 0.5) is 5.69 Å². The zero-order chi connectivity index (χ0) is 21.5. The van der Waals surface area contributed by atoms with Crippen molar-refractivity contribution in [1.29, 1.82) is 0 Å². The van der Waals surface area contributed by atoms with Crippen molar-refractivity contribution in [2.45, 2.75) is 0 Å². The van der Waals surface area contributed by atoms with Gasteiger partial charge in [-0.25, -0.2) is 5.43 Å². The number of nitro groups is 1. The van der Waals surface area contributed by atoms with Crippen LogP contribution >= 0.6 is 0 Å². The van der Waals surface area contributed by atoms with E-state index in [9.17, 15) is 20.0 Å². The van der Waals surface area contributed by atoms with Crippen LogP contribution in [0.3, 0.4) is 0 Å². The first kappa shape index (κ1) is 20.3. The minimum absolute atomic E-state index is 0.0898. The number of nitrogens with zero attached hydrogens (tertiary/aromatic N) is 3. The molecule has 3 rings (SSSR count). The van der Waals surface area contributed by atoms with Crippen LogP contribution in [0.15, 0.2) is 53.6 Å². The second-order valence-electron chi connectivity index (χ2n) is 5.92. The molecule has 1 heterocycles. The maximum Gasteiger partial charge on any atom is 0.315 e. The number of hydrazone groups is 1. The zero-order valence-corrected chi connectivity index (χ0v) is 15.7. The summed E-state index contributed by atoms with van der Waals surface area (Å²) in [5, 5.41) is 31.2. The van der Waals surface area contributed by atoms with Gasteiger partial charge in [0.25, 0.3) is 5.91 Å². The number of H-pyrrole nitrogens is 1. The first-order valence-electron chi connectivity index (χ1n) is 8.59. The third kappa shape index (κ3) is 4.90. The summed E-state index contributed by atoms with van der Waals surface area (Å²) in [6.45, 7) is -0.338. The maximum atomic E-state index is 11.9. The molecule has 30 heavy (non-hydrogen) atoms. The Morgan fingerprint density at radius 2 is 2.10 bits per heavy atom. The molecule has 1 amide bonds. The molecule has 11 heteroatoms. The lowest BCUT2D eigenvalue weighted by atomic mass is 10.2. The van der Waals surface area contributed by atoms with Crippen molar-refractivity contribution in [3.05, 3.63) is 64.2 Å². The van der Waals surface area contributed by atoms with Crippen LogP contribution < -0.4 is 14.9 Å². The fourth-order valence-corrected chi connectivity index (χ4v) is 2.48. The largest absolute Gasteiger partial charge is 0.500 e. The highest BCUT2D eigenvalue weighted by atomic mass is 16.6. The van der Waals surface area contributed by atoms with E-state index in [1.807, 2.05) is 30.3 Å². The van der Waals surface area contributed by atoms with Gasteiger partial charge in [-0.15, -0.1) is 5.10 Å². The molecule has 11 nitrogen and oxygen atoms in total. The standard InChI is InChI=1S/C19H17N5O6/c1-29-16-8-12(7-15(19(16)26)24(27)28)10-20-22-17(25)11-30-18-9-14(21-23-18)13-5-3-2-4-6-13/h2-10,26H,11H2,1H3,(H,21,23)(H,22,25)/b20-10+. The van der Waals surface area contributed by atoms with Gasteiger partial charge in [-0.05, 0) is 11.6 Å². The quantitative estimate of drug-likeness (QED) is 0.292. The summed E-state index contributed by atoms with van der Waals surface area (Å²) in [7, 11) is 1.26. The normalized spacial score (nSPS) is 10.7. The molecule has 154 valence electrons. The number of ether oxygens (including phenoxy) is 2. The molecule has 0 bridgehead atoms. The van der Waals surface area contributed by atoms with Crippen molar-refractivity contribution in [2.24, 2.45) is 5.10 Å². The second-order valence-corrected chi connectivity index (χ2v) is 5.92. The Morgan fingerprint density at radius 1 is 1.33 bits per heavy atom. The highest BCUT2D eigenvalue weighted by Gasteiger charge is 2.19. The van der Waals surface area contributed by atoms with Crippen LogP contribution in [0.25, 0.3) is 11.3 Å². The Hall–Kier alpha value is -4.41. The van der Waals surface area contributed by atoms with E-state index in [0.717, 1.165) is 17.3 Å². The molecule has 0 aliphatic rings. The molecule has 0 atom stereocenters. The molecule has 0 saturated carbocycles. The molecule has 0 fully saturated rings. The van der Waals surface area contributed by atoms with Gasteiger partial charge in [-0.1, -0.05) is 30.3 Å². The van der Waals surface area contributed by atoms with Crippen LogP contribution in [-0.2, 0) is 4.79 Å². The third-order valence-corrected chi connectivity index (χ3v) is 3.89. The predicted octanol–water partition coefficient (Wildman–Crippen LogP) is 2.23. The molecule has 3 N–H and O–H groups in total. The number of nitro benzene ring substituents is 1. The molecule has 3 aromatic rings. The van der Waals surface area contributed by atoms with E-state index in [2.05, 4.69) is 20.7 Å². The van der Waals surface area contributed by atoms with Gasteiger partial charge in [0, 0.05) is 17.7 Å². The first-order valence-corrected chi connectivity index (χ1v) is 8.59. The number of hydrogen-bond donors (Lipinski definition) is 3. The number of amides is 1. The monoisotopic (exact) mass is 411 g/mol. The average Bonchev–Trinajstić information content (AvgIpc) is 3.23. The number of hydrogen-bond acceptors (Lipinski definition) is 8. The number of aromatic hydroxyl groups is 1. The number of benzene rings is 2. The molecule has 0 saturated heterocycles. The maximum absolute atomic E-state index is 11.9. The van der Waals surface area contributed by atoms with E-state index >= 15 is 0 Å². The number of phenols is 1. The Balaban J connectivity index is 1.56. The number of rotatable bonds is 8. The lowest BCUT2D eigenvalue weighted by molar-refractivity contribution is -0.386. The molecule has 0 aliphatic carbocycles. The number of carbonyl (C=O) groups excluding carboxylic acids is 1. The summed E-state index contributed by atoms with van der Waals surface area (Å²) in [5.74, 6) is -0.998. The Labute approximate surface area is 170 Å². The summed E-state index contributed by atoms with van der Waals surface area (Å²) < 4.78 is 10.2. The summed E-state index contributed by atoms with van der Waals surface area (Å²) in [6, 6.07) is 13.6. The van der Waals surface area contributed by atoms with Gasteiger partial charge in [-0.2, -0.15) is 5.10 Å². The molecule has 1 aromatic heterocycles. The van der Waals surface area contributed by atoms with Gasteiger partial charge in [-0.3, -0.25) is 20.0 Å². The average molecular weight is 411 g/mol. The van der Waals surface area contributed by atoms with Crippen LogP contribution in [-0.4, -0.2) is 46.1 Å². The predicted molar refractivity (Wildman–Crippen MR) is 107 cm³/mol. The lowest BCUT2D eigenvalue weighted by Gasteiger charge is -2.05. The fraction of sp³-hybridized carbons (Fsp3) is 0.105. The Morgan fingerprint density at radius 3 is 2.80 bits per heavy atom. The topological polar surface area (TPSA) is 152 Å². The summed E-state index contributed by atoms with van der Waals surface area (Å²) >= 11 is 0. The number of phenolic OH excluding ortho intramolecular Hbond substituents is 1. The van der Waals surface area contributed by atoms with Crippen LogP contribution in [0.1, 0.15) is 5.56 Å². The third-order valence-electron chi connectivity index (χ3n) is 3.89. The van der Waals surface area contributed by atoms with E-state index in [0.29, 0.717) is 0 Å². The molecule has 0 aliphatic heterocycles. The second kappa shape index (κ2) is 9.19. The Kier molecular flexibility index (Phi) is 6.23. The van der Waals surface area contributed by atoms with E-state index in [4.69, 9.17) is 9.47 Å². The van der Waals surface area contributed by atoms with Gasteiger partial charge >= 0.3 is 5.69 Å². The van der Waals surface area contributed by atoms with Crippen LogP contribution in [0.5, 0.6) is 17.4 Å². The van der Waals surface area contributed by atoms with Gasteiger partial charge < -0.3 is 14.6 Å². The molecule has 0 unspecified atom stereocenters. The van der Waals surface area contributed by atoms with E-state index < -0.39 is 22.3 Å². The smallest absolute Gasteiger partial charge is 0.315 e. The van der Waals surface area contributed by atoms with Crippen molar-refractivity contribution < 1.29 is 24.3 Å². The van der Waals surface area contributed by atoms with Gasteiger partial charge in [0.05, 0.1) is 23.9 Å². The summed E-state index contributed by atoms with van der Waals surface area (Å²) in [4.78, 5) is 22.1. The lowest BCUT2D eigenvalue weighted by Crippen LogP contribution is -2.24. The summed E-state index contributed by atoms with van der Waals surface area (Å²) in [6.07, 6.45) is 1.18. The van der Waals surface area contributed by atoms with Crippen molar-refractivity contribution in [3.8, 4) is 28.6 Å². The molecule has 0 spiro atoms. The number of aromatic amines is 1. The van der Waals surface area contributed by atoms with E-state index in [1.54, 1.807) is 6.07 Å². The molecule has 2 aromatic carbocycles. The van der Waals surface area contributed by atoms with Crippen molar-refractivity contribution in [1.82, 2.24) is 15.6 Å². The van der Waals surface area contributed by atoms with Gasteiger partial charge in [0.1, 0.15) is 0 Å². The highest BCUT2D eigenvalue weighted by Crippen LogP contribution is 2.36. The number of methoxy groups -OCH3 is 1. The van der Waals surface area contributed by atoms with Crippen molar-refractivity contribution >= 4 is 17.8 Å². The number of carbonyl (C=O) groups is 1. The number of nitrogens with one attached hydrogen (secondary N) is 2. The van der Waals surface area contributed by atoms with E-state index in [-0.39, 0.29) is 23.8 Å². The van der Waals surface area contributed by atoms with Crippen LogP contribution in [0, 0.1) is 10.1 Å². The highest BCUT2D eigenvalue weighted by molar-refractivity contribution is 5.85. The van der Waals surface area contributed by atoms with Crippen molar-refractivity contribution in [2.75, 3.05) is 13.7 Å². The molecular weight excluding hydrogens is 394 g/mol. The fourth-order valence-electron chi connectivity index (χ4n) is 2.48. The van der Waals surface area contributed by atoms with Gasteiger partial charge in [0.15, 0.2) is 12.4 Å². The molecular formula is C19H17N5O6. The molecule has 0 radical (unpaired) electrons. The van der Waals surface area contributed by atoms with Crippen molar-refractivity contribution in [3.63, 3.8) is 0 Å². The van der Waals surface area contributed by atoms with Crippen LogP contribution in [0.2, 0.25) is 0 Å². The zero-order valence-electron chi connectivity index (χ0n) is 15.7. The SMILES string of the molecule is COc1cc(/C=N/NC(=O)COc2cc(-c3ccccc3)[nH]n2)cc([N+](=O)[O-])c1O.